The fourth-order valence-electron chi connectivity index (χ4n) is 2.72. The van der Waals surface area contributed by atoms with Crippen LogP contribution in [0.5, 0.6) is 0 Å². The highest BCUT2D eigenvalue weighted by atomic mass is 16.5. The Morgan fingerprint density at radius 1 is 1.22 bits per heavy atom. The van der Waals surface area contributed by atoms with Gasteiger partial charge in [-0.15, -0.1) is 0 Å². The van der Waals surface area contributed by atoms with E-state index in [2.05, 4.69) is 22.1 Å². The van der Waals surface area contributed by atoms with E-state index in [1.807, 2.05) is 0 Å². The largest absolute Gasteiger partial charge is 0.338 e. The minimum atomic E-state index is 0.402. The number of rotatable bonds is 4. The van der Waals surface area contributed by atoms with Gasteiger partial charge in [0.25, 0.3) is 0 Å². The number of aromatic nitrogens is 2. The van der Waals surface area contributed by atoms with Crippen molar-refractivity contribution in [2.75, 3.05) is 7.05 Å². The van der Waals surface area contributed by atoms with Gasteiger partial charge in [0.15, 0.2) is 5.82 Å². The van der Waals surface area contributed by atoms with Crippen LogP contribution in [0.25, 0.3) is 0 Å². The fraction of sp³-hybridized carbons (Fsp3) is 0.846. The van der Waals surface area contributed by atoms with Gasteiger partial charge < -0.3 is 10.3 Å². The standard InChI is InChI=1S/C13H22N4O/c1-17(11-6-4-10(14)5-7-11)8-12-15-13(16-18-12)9-2-3-9/h9-11H,2-8,14H2,1H3. The van der Waals surface area contributed by atoms with Crippen molar-refractivity contribution in [3.63, 3.8) is 0 Å². The molecule has 5 heteroatoms. The van der Waals surface area contributed by atoms with Gasteiger partial charge in [-0.2, -0.15) is 4.98 Å². The SMILES string of the molecule is CN(Cc1nc(C2CC2)no1)C1CCC(N)CC1. The second-order valence-electron chi connectivity index (χ2n) is 5.80. The van der Waals surface area contributed by atoms with Crippen molar-refractivity contribution in [3.05, 3.63) is 11.7 Å². The molecule has 0 saturated heterocycles. The molecule has 2 fully saturated rings. The van der Waals surface area contributed by atoms with Crippen LogP contribution in [0.2, 0.25) is 0 Å². The Morgan fingerprint density at radius 2 is 1.94 bits per heavy atom. The molecule has 100 valence electrons. The van der Waals surface area contributed by atoms with Crippen molar-refractivity contribution in [1.82, 2.24) is 15.0 Å². The molecule has 0 bridgehead atoms. The first-order valence-electron chi connectivity index (χ1n) is 7.00. The van der Waals surface area contributed by atoms with Gasteiger partial charge in [0.1, 0.15) is 0 Å². The van der Waals surface area contributed by atoms with Gasteiger partial charge >= 0.3 is 0 Å². The number of nitrogens with zero attached hydrogens (tertiary/aromatic N) is 3. The summed E-state index contributed by atoms with van der Waals surface area (Å²) in [6.45, 7) is 0.764. The van der Waals surface area contributed by atoms with Crippen molar-refractivity contribution < 1.29 is 4.52 Å². The van der Waals surface area contributed by atoms with E-state index in [1.165, 1.54) is 25.7 Å². The summed E-state index contributed by atoms with van der Waals surface area (Å²) in [5, 5.41) is 4.06. The maximum atomic E-state index is 5.93. The van der Waals surface area contributed by atoms with Crippen LogP contribution >= 0.6 is 0 Å². The van der Waals surface area contributed by atoms with Crippen molar-refractivity contribution in [2.45, 2.75) is 63.1 Å². The Bertz CT molecular complexity index is 393. The van der Waals surface area contributed by atoms with E-state index in [4.69, 9.17) is 10.3 Å². The molecule has 5 nitrogen and oxygen atoms in total. The molecule has 0 aliphatic heterocycles. The lowest BCUT2D eigenvalue weighted by Crippen LogP contribution is -2.38. The van der Waals surface area contributed by atoms with E-state index in [1.54, 1.807) is 0 Å². The lowest BCUT2D eigenvalue weighted by atomic mass is 9.91. The monoisotopic (exact) mass is 250 g/mol. The zero-order valence-electron chi connectivity index (χ0n) is 11.0. The first-order chi connectivity index (χ1) is 8.72. The van der Waals surface area contributed by atoms with Gasteiger partial charge in [-0.1, -0.05) is 5.16 Å². The molecule has 0 unspecified atom stereocenters. The molecule has 0 spiro atoms. The second kappa shape index (κ2) is 4.97. The van der Waals surface area contributed by atoms with Crippen LogP contribution in [0.3, 0.4) is 0 Å². The predicted molar refractivity (Wildman–Crippen MR) is 68.0 cm³/mol. The van der Waals surface area contributed by atoms with Crippen LogP contribution < -0.4 is 5.73 Å². The molecule has 1 aromatic heterocycles. The summed E-state index contributed by atoms with van der Waals surface area (Å²) in [5.41, 5.74) is 5.93. The van der Waals surface area contributed by atoms with Crippen LogP contribution in [-0.2, 0) is 6.54 Å². The summed E-state index contributed by atoms with van der Waals surface area (Å²) >= 11 is 0. The first-order valence-corrected chi connectivity index (χ1v) is 7.00. The van der Waals surface area contributed by atoms with Gasteiger partial charge in [0, 0.05) is 18.0 Å². The Morgan fingerprint density at radius 3 is 2.61 bits per heavy atom. The summed E-state index contributed by atoms with van der Waals surface area (Å²) in [4.78, 5) is 6.81. The molecule has 2 aliphatic rings. The Labute approximate surface area is 108 Å². The second-order valence-corrected chi connectivity index (χ2v) is 5.80. The molecule has 2 saturated carbocycles. The maximum absolute atomic E-state index is 5.93. The lowest BCUT2D eigenvalue weighted by molar-refractivity contribution is 0.158. The lowest BCUT2D eigenvalue weighted by Gasteiger charge is -2.32. The van der Waals surface area contributed by atoms with E-state index in [0.717, 1.165) is 31.1 Å². The summed E-state index contributed by atoms with van der Waals surface area (Å²) in [7, 11) is 2.14. The highest BCUT2D eigenvalue weighted by molar-refractivity contribution is 5.03. The summed E-state index contributed by atoms with van der Waals surface area (Å²) in [6, 6.07) is 1.01. The van der Waals surface area contributed by atoms with E-state index >= 15 is 0 Å². The molecule has 0 radical (unpaired) electrons. The molecule has 2 aliphatic carbocycles. The average molecular weight is 250 g/mol. The highest BCUT2D eigenvalue weighted by Crippen LogP contribution is 2.38. The Hall–Kier alpha value is -0.940. The fourth-order valence-corrected chi connectivity index (χ4v) is 2.72. The van der Waals surface area contributed by atoms with Gasteiger partial charge in [-0.25, -0.2) is 0 Å². The summed E-state index contributed by atoms with van der Waals surface area (Å²) in [6.07, 6.45) is 7.06. The molecule has 2 N–H and O–H groups in total. The molecule has 1 heterocycles. The summed E-state index contributed by atoms with van der Waals surface area (Å²) in [5.74, 6) is 2.24. The molecular weight excluding hydrogens is 228 g/mol. The van der Waals surface area contributed by atoms with Gasteiger partial charge in [0.2, 0.25) is 5.89 Å². The van der Waals surface area contributed by atoms with Gasteiger partial charge in [0.05, 0.1) is 6.54 Å². The van der Waals surface area contributed by atoms with Crippen LogP contribution in [0.15, 0.2) is 4.52 Å². The normalized spacial score (nSPS) is 28.8. The molecule has 0 aromatic carbocycles. The van der Waals surface area contributed by atoms with Crippen molar-refractivity contribution >= 4 is 0 Å². The summed E-state index contributed by atoms with van der Waals surface area (Å²) < 4.78 is 5.32. The third-order valence-corrected chi connectivity index (χ3v) is 4.18. The van der Waals surface area contributed by atoms with Crippen LogP contribution in [0, 0.1) is 0 Å². The molecular formula is C13H22N4O. The minimum absolute atomic E-state index is 0.402. The van der Waals surface area contributed by atoms with Crippen LogP contribution in [-0.4, -0.2) is 34.2 Å². The third-order valence-electron chi connectivity index (χ3n) is 4.18. The molecule has 0 amide bonds. The first kappa shape index (κ1) is 12.1. The van der Waals surface area contributed by atoms with Crippen LogP contribution in [0.1, 0.15) is 56.2 Å². The van der Waals surface area contributed by atoms with E-state index in [9.17, 15) is 0 Å². The zero-order chi connectivity index (χ0) is 12.5. The van der Waals surface area contributed by atoms with Crippen molar-refractivity contribution in [3.8, 4) is 0 Å². The predicted octanol–water partition coefficient (Wildman–Crippen LogP) is 1.65. The number of hydrogen-bond acceptors (Lipinski definition) is 5. The quantitative estimate of drug-likeness (QED) is 0.880. The van der Waals surface area contributed by atoms with E-state index in [0.29, 0.717) is 18.0 Å². The van der Waals surface area contributed by atoms with E-state index in [-0.39, 0.29) is 0 Å². The maximum Gasteiger partial charge on any atom is 0.240 e. The van der Waals surface area contributed by atoms with Crippen molar-refractivity contribution in [2.24, 2.45) is 5.73 Å². The Balaban J connectivity index is 1.54. The highest BCUT2D eigenvalue weighted by Gasteiger charge is 2.29. The van der Waals surface area contributed by atoms with Gasteiger partial charge in [-0.05, 0) is 45.6 Å². The number of hydrogen-bond donors (Lipinski definition) is 1. The topological polar surface area (TPSA) is 68.2 Å². The number of nitrogens with two attached hydrogens (primary N) is 1. The molecule has 0 atom stereocenters. The van der Waals surface area contributed by atoms with Crippen molar-refractivity contribution in [1.29, 1.82) is 0 Å². The van der Waals surface area contributed by atoms with E-state index < -0.39 is 0 Å². The molecule has 1 aromatic rings. The average Bonchev–Trinajstić information content (AvgIpc) is 3.11. The Kier molecular flexibility index (Phi) is 3.35. The minimum Gasteiger partial charge on any atom is -0.338 e. The van der Waals surface area contributed by atoms with Crippen LogP contribution in [0.4, 0.5) is 0 Å². The molecule has 3 rings (SSSR count). The third kappa shape index (κ3) is 2.72. The smallest absolute Gasteiger partial charge is 0.240 e. The molecule has 18 heavy (non-hydrogen) atoms. The zero-order valence-corrected chi connectivity index (χ0v) is 11.0. The van der Waals surface area contributed by atoms with Gasteiger partial charge in [-0.3, -0.25) is 4.90 Å².